The molecule has 0 aliphatic carbocycles. The van der Waals surface area contributed by atoms with Gasteiger partial charge in [-0.2, -0.15) is 0 Å². The van der Waals surface area contributed by atoms with Crippen molar-refractivity contribution >= 4 is 5.91 Å². The van der Waals surface area contributed by atoms with Crippen molar-refractivity contribution in [2.75, 3.05) is 6.61 Å². The van der Waals surface area contributed by atoms with Crippen LogP contribution < -0.4 is 5.32 Å². The largest absolute Gasteiger partial charge is 0.394 e. The molecule has 50 heavy (non-hydrogen) atoms. The smallest absolute Gasteiger partial charge is 0.220 e. The summed E-state index contributed by atoms with van der Waals surface area (Å²) >= 11 is 0. The molecule has 0 fully saturated rings. The van der Waals surface area contributed by atoms with Crippen LogP contribution in [0.3, 0.4) is 0 Å². The molecule has 294 valence electrons. The van der Waals surface area contributed by atoms with Gasteiger partial charge < -0.3 is 15.5 Å². The molecule has 0 aromatic heterocycles. The van der Waals surface area contributed by atoms with Gasteiger partial charge in [0, 0.05) is 6.42 Å². The van der Waals surface area contributed by atoms with Crippen molar-refractivity contribution in [1.82, 2.24) is 5.32 Å². The van der Waals surface area contributed by atoms with Crippen LogP contribution in [0.5, 0.6) is 0 Å². The molecule has 0 aromatic rings. The predicted molar refractivity (Wildman–Crippen MR) is 221 cm³/mol. The van der Waals surface area contributed by atoms with Gasteiger partial charge in [0.2, 0.25) is 5.91 Å². The third-order valence-electron chi connectivity index (χ3n) is 10.1. The van der Waals surface area contributed by atoms with Gasteiger partial charge in [0.05, 0.1) is 18.8 Å². The molecule has 0 saturated heterocycles. The minimum Gasteiger partial charge on any atom is -0.394 e. The molecule has 4 heteroatoms. The van der Waals surface area contributed by atoms with E-state index < -0.39 is 12.1 Å². The molecule has 2 atom stereocenters. The summed E-state index contributed by atoms with van der Waals surface area (Å²) in [6.07, 6.45) is 55.4. The number of rotatable bonds is 40. The number of amides is 1. The summed E-state index contributed by atoms with van der Waals surface area (Å²) in [6, 6.07) is -0.642. The van der Waals surface area contributed by atoms with Crippen LogP contribution in [0.25, 0.3) is 0 Å². The van der Waals surface area contributed by atoms with E-state index >= 15 is 0 Å². The molecular weight excluding hydrogens is 615 g/mol. The zero-order chi connectivity index (χ0) is 36.4. The lowest BCUT2D eigenvalue weighted by Gasteiger charge is -2.19. The standard InChI is InChI=1S/C46H87NO3/c1-3-5-7-9-11-13-15-17-19-21-22-23-24-25-26-27-29-31-33-35-37-39-41-45(49)44(43-48)47-46(50)42-40-38-36-34-32-30-28-20-18-16-14-12-10-8-6-4-2/h20,28,31,33,39,41,44-45,48-49H,3-19,21-27,29-30,32,34-38,40,42-43H2,1-2H3,(H,47,50)/b28-20-,33-31+,41-39+. The van der Waals surface area contributed by atoms with Gasteiger partial charge in [-0.3, -0.25) is 4.79 Å². The number of unbranched alkanes of at least 4 members (excludes halogenated alkanes) is 29. The van der Waals surface area contributed by atoms with Crippen molar-refractivity contribution in [2.24, 2.45) is 0 Å². The van der Waals surface area contributed by atoms with E-state index in [9.17, 15) is 15.0 Å². The van der Waals surface area contributed by atoms with E-state index in [2.05, 4.69) is 43.5 Å². The fourth-order valence-electron chi connectivity index (χ4n) is 6.66. The summed E-state index contributed by atoms with van der Waals surface area (Å²) in [4.78, 5) is 12.4. The SMILES string of the molecule is CCCCCCCCC/C=C\CCCCCCCC(=O)NC(CO)C(O)/C=C/CC/C=C/CCCCCCCCCCCCCCCCCC. The van der Waals surface area contributed by atoms with Crippen molar-refractivity contribution in [3.63, 3.8) is 0 Å². The van der Waals surface area contributed by atoms with Crippen molar-refractivity contribution in [3.05, 3.63) is 36.5 Å². The highest BCUT2D eigenvalue weighted by Crippen LogP contribution is 2.15. The maximum Gasteiger partial charge on any atom is 0.220 e. The van der Waals surface area contributed by atoms with Crippen LogP contribution in [0.4, 0.5) is 0 Å². The Kier molecular flexibility index (Phi) is 40.9. The second-order valence-corrected chi connectivity index (χ2v) is 15.1. The monoisotopic (exact) mass is 702 g/mol. The Bertz CT molecular complexity index is 760. The summed E-state index contributed by atoms with van der Waals surface area (Å²) in [7, 11) is 0. The summed E-state index contributed by atoms with van der Waals surface area (Å²) in [6.45, 7) is 4.30. The van der Waals surface area contributed by atoms with Crippen LogP contribution in [-0.4, -0.2) is 34.9 Å². The van der Waals surface area contributed by atoms with Crippen molar-refractivity contribution in [3.8, 4) is 0 Å². The van der Waals surface area contributed by atoms with Crippen LogP contribution in [0.2, 0.25) is 0 Å². The van der Waals surface area contributed by atoms with Gasteiger partial charge in [0.15, 0.2) is 0 Å². The van der Waals surface area contributed by atoms with Gasteiger partial charge in [-0.25, -0.2) is 0 Å². The number of hydrogen-bond acceptors (Lipinski definition) is 3. The van der Waals surface area contributed by atoms with Crippen LogP contribution in [-0.2, 0) is 4.79 Å². The second kappa shape index (κ2) is 42.0. The Morgan fingerprint density at radius 2 is 0.780 bits per heavy atom. The average molecular weight is 702 g/mol. The number of carbonyl (C=O) groups excluding carboxylic acids is 1. The molecule has 0 aliphatic rings. The van der Waals surface area contributed by atoms with Gasteiger partial charge in [-0.05, 0) is 57.8 Å². The van der Waals surface area contributed by atoms with E-state index in [4.69, 9.17) is 0 Å². The van der Waals surface area contributed by atoms with E-state index in [0.717, 1.165) is 44.9 Å². The molecule has 0 spiro atoms. The minimum absolute atomic E-state index is 0.0817. The summed E-state index contributed by atoms with van der Waals surface area (Å²) < 4.78 is 0. The number of carbonyl (C=O) groups is 1. The first kappa shape index (κ1) is 48.6. The summed E-state index contributed by atoms with van der Waals surface area (Å²) in [5.74, 6) is -0.0817. The van der Waals surface area contributed by atoms with Crippen LogP contribution in [0, 0.1) is 0 Å². The fraction of sp³-hybridized carbons (Fsp3) is 0.848. The molecule has 0 aromatic carbocycles. The number of hydrogen-bond donors (Lipinski definition) is 3. The molecular formula is C46H87NO3. The second-order valence-electron chi connectivity index (χ2n) is 15.1. The lowest BCUT2D eigenvalue weighted by Crippen LogP contribution is -2.45. The first-order valence-electron chi connectivity index (χ1n) is 22.2. The van der Waals surface area contributed by atoms with Gasteiger partial charge in [-0.1, -0.05) is 204 Å². The van der Waals surface area contributed by atoms with E-state index in [-0.39, 0.29) is 12.5 Å². The van der Waals surface area contributed by atoms with Gasteiger partial charge in [-0.15, -0.1) is 0 Å². The Labute approximate surface area is 312 Å². The number of aliphatic hydroxyl groups excluding tert-OH is 2. The van der Waals surface area contributed by atoms with E-state index in [0.29, 0.717) is 6.42 Å². The maximum atomic E-state index is 12.4. The molecule has 2 unspecified atom stereocenters. The molecule has 0 aliphatic heterocycles. The van der Waals surface area contributed by atoms with Gasteiger partial charge in [0.1, 0.15) is 0 Å². The molecule has 0 saturated carbocycles. The average Bonchev–Trinajstić information content (AvgIpc) is 3.12. The predicted octanol–water partition coefficient (Wildman–Crippen LogP) is 13.8. The zero-order valence-electron chi connectivity index (χ0n) is 33.7. The maximum absolute atomic E-state index is 12.4. The van der Waals surface area contributed by atoms with Gasteiger partial charge in [0.25, 0.3) is 0 Å². The van der Waals surface area contributed by atoms with Crippen molar-refractivity contribution in [2.45, 2.75) is 244 Å². The van der Waals surface area contributed by atoms with E-state index in [1.165, 1.54) is 167 Å². The highest BCUT2D eigenvalue weighted by Gasteiger charge is 2.17. The third kappa shape index (κ3) is 37.9. The molecule has 4 nitrogen and oxygen atoms in total. The fourth-order valence-corrected chi connectivity index (χ4v) is 6.66. The lowest BCUT2D eigenvalue weighted by molar-refractivity contribution is -0.123. The lowest BCUT2D eigenvalue weighted by atomic mass is 10.0. The zero-order valence-corrected chi connectivity index (χ0v) is 33.7. The molecule has 3 N–H and O–H groups in total. The van der Waals surface area contributed by atoms with E-state index in [1.807, 2.05) is 6.08 Å². The third-order valence-corrected chi connectivity index (χ3v) is 10.1. The molecule has 0 heterocycles. The topological polar surface area (TPSA) is 69.6 Å². The molecule has 0 bridgehead atoms. The highest BCUT2D eigenvalue weighted by atomic mass is 16.3. The Morgan fingerprint density at radius 3 is 1.16 bits per heavy atom. The highest BCUT2D eigenvalue weighted by molar-refractivity contribution is 5.76. The summed E-state index contributed by atoms with van der Waals surface area (Å²) in [5.41, 5.74) is 0. The number of aliphatic hydroxyl groups is 2. The Balaban J connectivity index is 3.61. The van der Waals surface area contributed by atoms with Crippen molar-refractivity contribution in [1.29, 1.82) is 0 Å². The normalized spacial score (nSPS) is 13.3. The minimum atomic E-state index is -0.864. The van der Waals surface area contributed by atoms with E-state index in [1.54, 1.807) is 6.08 Å². The number of nitrogens with one attached hydrogen (secondary N) is 1. The molecule has 0 radical (unpaired) electrons. The summed E-state index contributed by atoms with van der Waals surface area (Å²) in [5, 5.41) is 23.0. The Hall–Kier alpha value is -1.39. The van der Waals surface area contributed by atoms with Crippen LogP contribution in [0.15, 0.2) is 36.5 Å². The molecule has 1 amide bonds. The number of allylic oxidation sites excluding steroid dienone is 5. The quantitative estimate of drug-likeness (QED) is 0.0440. The first-order chi connectivity index (χ1) is 24.7. The first-order valence-corrected chi connectivity index (χ1v) is 22.2. The van der Waals surface area contributed by atoms with Crippen LogP contribution >= 0.6 is 0 Å². The van der Waals surface area contributed by atoms with Crippen molar-refractivity contribution < 1.29 is 15.0 Å². The Morgan fingerprint density at radius 1 is 0.460 bits per heavy atom. The van der Waals surface area contributed by atoms with Crippen LogP contribution in [0.1, 0.15) is 232 Å². The van der Waals surface area contributed by atoms with Gasteiger partial charge >= 0.3 is 0 Å². The molecule has 0 rings (SSSR count).